The fourth-order valence-electron chi connectivity index (χ4n) is 3.30. The number of morpholine rings is 1. The number of hydrogen-bond acceptors (Lipinski definition) is 6. The fourth-order valence-corrected chi connectivity index (χ4v) is 3.50. The van der Waals surface area contributed by atoms with Gasteiger partial charge in [-0.3, -0.25) is 0 Å². The van der Waals surface area contributed by atoms with Crippen molar-refractivity contribution in [2.45, 2.75) is 6.54 Å². The minimum Gasteiger partial charge on any atom is -0.454 e. The van der Waals surface area contributed by atoms with E-state index in [4.69, 9.17) is 30.5 Å². The third kappa shape index (κ3) is 3.94. The molecule has 4 rings (SSSR count). The maximum absolute atomic E-state index is 13.0. The molecule has 0 atom stereocenters. The zero-order valence-corrected chi connectivity index (χ0v) is 16.4. The number of methoxy groups -OCH3 is 1. The van der Waals surface area contributed by atoms with Crippen LogP contribution in [0, 0.1) is 0 Å². The Kier molecular flexibility index (Phi) is 5.70. The lowest BCUT2D eigenvalue weighted by Crippen LogP contribution is -2.48. The molecule has 2 aliphatic rings. The number of ether oxygens (including phenoxy) is 4. The minimum absolute atomic E-state index is 0.0535. The smallest absolute Gasteiger partial charge is 0.320 e. The molecule has 1 saturated heterocycles. The van der Waals surface area contributed by atoms with Crippen LogP contribution in [0.2, 0.25) is 5.15 Å². The van der Waals surface area contributed by atoms with E-state index in [-0.39, 0.29) is 12.8 Å². The highest BCUT2D eigenvalue weighted by molar-refractivity contribution is 6.30. The van der Waals surface area contributed by atoms with Crippen LogP contribution in [0.25, 0.3) is 10.9 Å². The highest BCUT2D eigenvalue weighted by atomic mass is 35.5. The molecule has 1 fully saturated rings. The van der Waals surface area contributed by atoms with Crippen LogP contribution in [-0.4, -0.2) is 74.2 Å². The van der Waals surface area contributed by atoms with Crippen molar-refractivity contribution in [3.05, 3.63) is 28.9 Å². The Bertz CT molecular complexity index is 872. The number of carbonyl (C=O) groups excluding carboxylic acids is 1. The molecule has 2 aliphatic heterocycles. The summed E-state index contributed by atoms with van der Waals surface area (Å²) in [7, 11) is 1.62. The van der Waals surface area contributed by atoms with Crippen LogP contribution in [0.5, 0.6) is 11.5 Å². The molecule has 2 amide bonds. The number of halogens is 1. The maximum atomic E-state index is 13.0. The third-order valence-corrected chi connectivity index (χ3v) is 5.14. The van der Waals surface area contributed by atoms with E-state index in [0.717, 1.165) is 16.5 Å². The monoisotopic (exact) mass is 407 g/mol. The molecule has 0 bridgehead atoms. The first-order chi connectivity index (χ1) is 13.7. The van der Waals surface area contributed by atoms with Gasteiger partial charge in [0.2, 0.25) is 6.79 Å². The number of hydrogen-bond donors (Lipinski definition) is 0. The van der Waals surface area contributed by atoms with Crippen LogP contribution >= 0.6 is 11.6 Å². The molecular formula is C19H22ClN3O5. The number of pyridine rings is 1. The number of rotatable bonds is 5. The quantitative estimate of drug-likeness (QED) is 0.709. The zero-order valence-electron chi connectivity index (χ0n) is 15.6. The first-order valence-corrected chi connectivity index (χ1v) is 9.53. The Morgan fingerprint density at radius 3 is 2.75 bits per heavy atom. The molecule has 8 nitrogen and oxygen atoms in total. The lowest BCUT2D eigenvalue weighted by atomic mass is 10.1. The summed E-state index contributed by atoms with van der Waals surface area (Å²) in [5.74, 6) is 1.34. The third-order valence-electron chi connectivity index (χ3n) is 4.81. The molecule has 0 radical (unpaired) electrons. The van der Waals surface area contributed by atoms with E-state index in [2.05, 4.69) is 4.98 Å². The number of nitrogens with zero attached hydrogens (tertiary/aromatic N) is 3. The summed E-state index contributed by atoms with van der Waals surface area (Å²) in [4.78, 5) is 21.0. The number of benzene rings is 1. The first kappa shape index (κ1) is 19.0. The molecule has 1 aromatic carbocycles. The number of amides is 2. The second kappa shape index (κ2) is 8.38. The second-order valence-electron chi connectivity index (χ2n) is 6.63. The molecule has 0 saturated carbocycles. The second-order valence-corrected chi connectivity index (χ2v) is 6.99. The van der Waals surface area contributed by atoms with Gasteiger partial charge >= 0.3 is 6.03 Å². The summed E-state index contributed by atoms with van der Waals surface area (Å²) in [6.07, 6.45) is 0. The molecule has 2 aromatic rings. The van der Waals surface area contributed by atoms with E-state index in [1.54, 1.807) is 16.9 Å². The first-order valence-electron chi connectivity index (χ1n) is 9.15. The summed E-state index contributed by atoms with van der Waals surface area (Å²) < 4.78 is 21.4. The molecule has 1 aromatic heterocycles. The number of fused-ring (bicyclic) bond motifs is 2. The largest absolute Gasteiger partial charge is 0.454 e. The summed E-state index contributed by atoms with van der Waals surface area (Å²) in [6, 6.07) is 5.59. The van der Waals surface area contributed by atoms with Crippen molar-refractivity contribution in [1.82, 2.24) is 14.8 Å². The number of aromatic nitrogens is 1. The van der Waals surface area contributed by atoms with Gasteiger partial charge in [-0.2, -0.15) is 0 Å². The van der Waals surface area contributed by atoms with Gasteiger partial charge in [0.25, 0.3) is 0 Å². The average Bonchev–Trinajstić information content (AvgIpc) is 3.17. The molecule has 0 aliphatic carbocycles. The summed E-state index contributed by atoms with van der Waals surface area (Å²) in [6.45, 7) is 3.70. The molecule has 0 spiro atoms. The van der Waals surface area contributed by atoms with Gasteiger partial charge < -0.3 is 28.7 Å². The van der Waals surface area contributed by atoms with Crippen LogP contribution in [0.3, 0.4) is 0 Å². The Hall–Kier alpha value is -2.29. The normalized spacial score (nSPS) is 15.9. The van der Waals surface area contributed by atoms with E-state index in [1.165, 1.54) is 0 Å². The van der Waals surface area contributed by atoms with E-state index in [1.807, 2.05) is 18.2 Å². The van der Waals surface area contributed by atoms with Crippen molar-refractivity contribution in [2.24, 2.45) is 0 Å². The number of urea groups is 1. The summed E-state index contributed by atoms with van der Waals surface area (Å²) in [5, 5.41) is 1.25. The predicted octanol–water partition coefficient (Wildman–Crippen LogP) is 2.52. The standard InChI is InChI=1S/C19H22ClN3O5/c1-25-5-2-23(19(24)22-3-6-26-7-4-22)11-14-8-13-9-16-17(28-12-27-16)10-15(13)21-18(14)20/h8-10H,2-7,11-12H2,1H3. The topological polar surface area (TPSA) is 73.4 Å². The van der Waals surface area contributed by atoms with Crippen LogP contribution < -0.4 is 9.47 Å². The molecule has 3 heterocycles. The van der Waals surface area contributed by atoms with Crippen molar-refractivity contribution < 1.29 is 23.7 Å². The Labute approximate surface area is 167 Å². The SMILES string of the molecule is COCCN(Cc1cc2cc3c(cc2nc1Cl)OCO3)C(=O)N1CCOCC1. The van der Waals surface area contributed by atoms with E-state index in [9.17, 15) is 4.79 Å². The van der Waals surface area contributed by atoms with Crippen molar-refractivity contribution in [3.63, 3.8) is 0 Å². The van der Waals surface area contributed by atoms with Crippen molar-refractivity contribution in [1.29, 1.82) is 0 Å². The summed E-state index contributed by atoms with van der Waals surface area (Å²) >= 11 is 6.44. The summed E-state index contributed by atoms with van der Waals surface area (Å²) in [5.41, 5.74) is 1.49. The van der Waals surface area contributed by atoms with Crippen LogP contribution in [0.1, 0.15) is 5.56 Å². The van der Waals surface area contributed by atoms with Crippen molar-refractivity contribution in [2.75, 3.05) is 53.4 Å². The van der Waals surface area contributed by atoms with Gasteiger partial charge in [-0.15, -0.1) is 0 Å². The van der Waals surface area contributed by atoms with Gasteiger partial charge in [-0.05, 0) is 12.1 Å². The Balaban J connectivity index is 1.59. The van der Waals surface area contributed by atoms with Gasteiger partial charge in [-0.1, -0.05) is 11.6 Å². The minimum atomic E-state index is -0.0535. The van der Waals surface area contributed by atoms with E-state index >= 15 is 0 Å². The molecule has 9 heteroatoms. The highest BCUT2D eigenvalue weighted by Gasteiger charge is 2.24. The molecule has 0 unspecified atom stereocenters. The van der Waals surface area contributed by atoms with Crippen LogP contribution in [0.15, 0.2) is 18.2 Å². The zero-order chi connectivity index (χ0) is 19.5. The maximum Gasteiger partial charge on any atom is 0.320 e. The van der Waals surface area contributed by atoms with E-state index in [0.29, 0.717) is 62.7 Å². The lowest BCUT2D eigenvalue weighted by Gasteiger charge is -2.33. The van der Waals surface area contributed by atoms with Crippen LogP contribution in [-0.2, 0) is 16.0 Å². The van der Waals surface area contributed by atoms with E-state index < -0.39 is 0 Å². The Morgan fingerprint density at radius 1 is 1.25 bits per heavy atom. The van der Waals surface area contributed by atoms with Crippen molar-refractivity contribution >= 4 is 28.5 Å². The Morgan fingerprint density at radius 2 is 2.00 bits per heavy atom. The van der Waals surface area contributed by atoms with Gasteiger partial charge in [0.15, 0.2) is 11.5 Å². The lowest BCUT2D eigenvalue weighted by molar-refractivity contribution is 0.0399. The van der Waals surface area contributed by atoms with Crippen molar-refractivity contribution in [3.8, 4) is 11.5 Å². The van der Waals surface area contributed by atoms with Crippen LogP contribution in [0.4, 0.5) is 4.79 Å². The molecular weight excluding hydrogens is 386 g/mol. The highest BCUT2D eigenvalue weighted by Crippen LogP contribution is 2.36. The van der Waals surface area contributed by atoms with Gasteiger partial charge in [0.1, 0.15) is 5.15 Å². The van der Waals surface area contributed by atoms with Gasteiger partial charge in [-0.25, -0.2) is 9.78 Å². The van der Waals surface area contributed by atoms with Gasteiger partial charge in [0, 0.05) is 43.8 Å². The van der Waals surface area contributed by atoms with Gasteiger partial charge in [0.05, 0.1) is 31.9 Å². The molecule has 28 heavy (non-hydrogen) atoms. The molecule has 0 N–H and O–H groups in total. The number of carbonyl (C=O) groups is 1. The predicted molar refractivity (Wildman–Crippen MR) is 103 cm³/mol. The average molecular weight is 408 g/mol. The fraction of sp³-hybridized carbons (Fsp3) is 0.474. The molecule has 150 valence electrons.